The fourth-order valence-corrected chi connectivity index (χ4v) is 7.33. The summed E-state index contributed by atoms with van der Waals surface area (Å²) in [5, 5.41) is 5.19. The Labute approximate surface area is 302 Å². The predicted molar refractivity (Wildman–Crippen MR) is 219 cm³/mol. The molecule has 2 heterocycles. The second-order valence-electron chi connectivity index (χ2n) is 13.7. The van der Waals surface area contributed by atoms with Gasteiger partial charge in [0.15, 0.2) is 0 Å². The summed E-state index contributed by atoms with van der Waals surface area (Å²) in [6.45, 7) is 3.09. The lowest BCUT2D eigenvalue weighted by Gasteiger charge is -2.10. The Morgan fingerprint density at radius 2 is 0.863 bits per heavy atom. The fourth-order valence-electron chi connectivity index (χ4n) is 7.33. The summed E-state index contributed by atoms with van der Waals surface area (Å²) in [7, 11) is 0. The first-order chi connectivity index (χ1) is 25.3. The third kappa shape index (κ3) is 8.21. The lowest BCUT2D eigenvalue weighted by Crippen LogP contribution is -1.97. The van der Waals surface area contributed by atoms with E-state index in [0.29, 0.717) is 0 Å². The molecular weight excluding hydrogens is 621 g/mol. The van der Waals surface area contributed by atoms with Crippen LogP contribution in [-0.4, -0.2) is 16.2 Å². The van der Waals surface area contributed by atoms with Crippen molar-refractivity contribution >= 4 is 43.6 Å². The van der Waals surface area contributed by atoms with Crippen LogP contribution in [0.4, 0.5) is 0 Å². The van der Waals surface area contributed by atoms with Gasteiger partial charge < -0.3 is 14.3 Å². The van der Waals surface area contributed by atoms with Gasteiger partial charge in [-0.25, -0.2) is 0 Å². The molecule has 0 radical (unpaired) electrons. The van der Waals surface area contributed by atoms with Crippen LogP contribution in [0.3, 0.4) is 0 Å². The van der Waals surface area contributed by atoms with Gasteiger partial charge in [-0.1, -0.05) is 162 Å². The smallest absolute Gasteiger partial charge is 0.119 e. The van der Waals surface area contributed by atoms with Gasteiger partial charge in [-0.15, -0.1) is 0 Å². The van der Waals surface area contributed by atoms with Gasteiger partial charge in [0, 0.05) is 38.3 Å². The summed E-state index contributed by atoms with van der Waals surface area (Å²) in [4.78, 5) is 3.38. The molecule has 6 aromatic carbocycles. The largest absolute Gasteiger partial charge is 0.494 e. The van der Waals surface area contributed by atoms with Crippen LogP contribution < -0.4 is 4.74 Å². The third-order valence-corrected chi connectivity index (χ3v) is 10.1. The second kappa shape index (κ2) is 17.1. The molecule has 51 heavy (non-hydrogen) atoms. The number of nitrogens with zero attached hydrogens (tertiary/aromatic N) is 1. The topological polar surface area (TPSA) is 29.9 Å². The number of aromatic amines is 1. The summed E-state index contributed by atoms with van der Waals surface area (Å²) < 4.78 is 8.38. The van der Waals surface area contributed by atoms with Crippen molar-refractivity contribution < 1.29 is 4.74 Å². The van der Waals surface area contributed by atoms with E-state index in [-0.39, 0.29) is 0 Å². The minimum absolute atomic E-state index is 0.809. The Balaban J connectivity index is 0.000000258. The molecule has 8 rings (SSSR count). The van der Waals surface area contributed by atoms with Crippen LogP contribution in [0.1, 0.15) is 71.1 Å². The molecule has 0 saturated heterocycles. The summed E-state index contributed by atoms with van der Waals surface area (Å²) in [5.41, 5.74) is 8.52. The maximum atomic E-state index is 6.02. The van der Waals surface area contributed by atoms with Crippen LogP contribution in [0, 0.1) is 0 Å². The Morgan fingerprint density at radius 1 is 0.431 bits per heavy atom. The summed E-state index contributed by atoms with van der Waals surface area (Å²) >= 11 is 0. The second-order valence-corrected chi connectivity index (χ2v) is 13.7. The SMILES string of the molecule is CCCCCCCCCCCCOc1ccc(-c2ccc(-n3c4ccccc4c4ccccc43)cc2)cc1.c1ccc2c(c1)[nH]c1ccccc12. The summed E-state index contributed by atoms with van der Waals surface area (Å²) in [6.07, 6.45) is 13.5. The van der Waals surface area contributed by atoms with Crippen molar-refractivity contribution in [2.24, 2.45) is 0 Å². The number of para-hydroxylation sites is 4. The summed E-state index contributed by atoms with van der Waals surface area (Å²) in [6, 6.07) is 51.5. The van der Waals surface area contributed by atoms with E-state index in [1.807, 2.05) is 0 Å². The Bertz CT molecular complexity index is 2170. The van der Waals surface area contributed by atoms with Crippen LogP contribution in [-0.2, 0) is 0 Å². The molecule has 0 aliphatic rings. The first kappa shape index (κ1) is 34.2. The monoisotopic (exact) mass is 670 g/mol. The van der Waals surface area contributed by atoms with Crippen LogP contribution in [0.15, 0.2) is 146 Å². The molecule has 0 aliphatic carbocycles. The van der Waals surface area contributed by atoms with E-state index in [4.69, 9.17) is 4.74 Å². The maximum Gasteiger partial charge on any atom is 0.119 e. The highest BCUT2D eigenvalue weighted by Crippen LogP contribution is 2.33. The molecule has 0 spiro atoms. The van der Waals surface area contributed by atoms with Gasteiger partial charge in [-0.2, -0.15) is 0 Å². The van der Waals surface area contributed by atoms with Gasteiger partial charge in [0.25, 0.3) is 0 Å². The van der Waals surface area contributed by atoms with E-state index in [9.17, 15) is 0 Å². The van der Waals surface area contributed by atoms with Gasteiger partial charge in [0.2, 0.25) is 0 Å². The normalized spacial score (nSPS) is 11.3. The Kier molecular flexibility index (Phi) is 11.5. The van der Waals surface area contributed by atoms with Crippen LogP contribution >= 0.6 is 0 Å². The highest BCUT2D eigenvalue weighted by molar-refractivity contribution is 6.09. The molecule has 1 N–H and O–H groups in total. The van der Waals surface area contributed by atoms with E-state index in [1.165, 1.54) is 118 Å². The van der Waals surface area contributed by atoms with Crippen molar-refractivity contribution in [2.75, 3.05) is 6.61 Å². The van der Waals surface area contributed by atoms with Crippen LogP contribution in [0.5, 0.6) is 5.75 Å². The number of aromatic nitrogens is 2. The quantitative estimate of drug-likeness (QED) is 0.115. The first-order valence-electron chi connectivity index (χ1n) is 19.1. The maximum absolute atomic E-state index is 6.02. The molecule has 0 atom stereocenters. The zero-order valence-electron chi connectivity index (χ0n) is 30.0. The minimum Gasteiger partial charge on any atom is -0.494 e. The molecule has 258 valence electrons. The number of hydrogen-bond acceptors (Lipinski definition) is 1. The van der Waals surface area contributed by atoms with Crippen molar-refractivity contribution in [3.63, 3.8) is 0 Å². The number of ether oxygens (including phenoxy) is 1. The molecule has 0 unspecified atom stereocenters. The molecule has 0 aliphatic heterocycles. The van der Waals surface area contributed by atoms with E-state index in [2.05, 4.69) is 162 Å². The zero-order chi connectivity index (χ0) is 34.7. The molecule has 3 heteroatoms. The molecule has 2 aromatic heterocycles. The standard InChI is InChI=1S/C36H41NO.C12H9N/c1-2-3-4-5-6-7-8-9-10-15-28-38-32-26-22-30(23-27-32)29-20-24-31(25-21-29)37-35-18-13-11-16-33(35)34-17-12-14-19-36(34)37;1-3-7-11-9(5-1)10-6-2-4-8-12(10)13-11/h11-14,16-27H,2-10,15,28H2,1H3;1-8,13H. The average Bonchev–Trinajstić information content (AvgIpc) is 3.74. The van der Waals surface area contributed by atoms with E-state index < -0.39 is 0 Å². The number of unbranched alkanes of at least 4 members (excludes halogenated alkanes) is 9. The van der Waals surface area contributed by atoms with Crippen molar-refractivity contribution in [1.29, 1.82) is 0 Å². The Morgan fingerprint density at radius 3 is 1.39 bits per heavy atom. The highest BCUT2D eigenvalue weighted by atomic mass is 16.5. The van der Waals surface area contributed by atoms with E-state index in [0.717, 1.165) is 18.8 Å². The number of rotatable bonds is 14. The molecule has 3 nitrogen and oxygen atoms in total. The number of benzene rings is 6. The molecule has 0 fully saturated rings. The lowest BCUT2D eigenvalue weighted by atomic mass is 10.1. The van der Waals surface area contributed by atoms with Gasteiger partial charge in [0.1, 0.15) is 5.75 Å². The molecule has 0 saturated carbocycles. The Hall–Kier alpha value is -5.28. The third-order valence-electron chi connectivity index (χ3n) is 10.1. The van der Waals surface area contributed by atoms with Crippen LogP contribution in [0.25, 0.3) is 60.4 Å². The van der Waals surface area contributed by atoms with Gasteiger partial charge in [-0.05, 0) is 66.1 Å². The lowest BCUT2D eigenvalue weighted by molar-refractivity contribution is 0.304. The van der Waals surface area contributed by atoms with Crippen molar-refractivity contribution in [3.8, 4) is 22.6 Å². The van der Waals surface area contributed by atoms with Gasteiger partial charge in [0.05, 0.1) is 17.6 Å². The molecule has 0 amide bonds. The minimum atomic E-state index is 0.809. The summed E-state index contributed by atoms with van der Waals surface area (Å²) in [5.74, 6) is 0.964. The highest BCUT2D eigenvalue weighted by Gasteiger charge is 2.11. The molecule has 8 aromatic rings. The first-order valence-corrected chi connectivity index (χ1v) is 19.1. The molecular formula is C48H50N2O. The predicted octanol–water partition coefficient (Wildman–Crippen LogP) is 14.1. The van der Waals surface area contributed by atoms with Gasteiger partial charge >= 0.3 is 0 Å². The molecule has 0 bridgehead atoms. The average molecular weight is 671 g/mol. The van der Waals surface area contributed by atoms with Crippen molar-refractivity contribution in [3.05, 3.63) is 146 Å². The van der Waals surface area contributed by atoms with Crippen LogP contribution in [0.2, 0.25) is 0 Å². The fraction of sp³-hybridized carbons (Fsp3) is 0.250. The van der Waals surface area contributed by atoms with Crippen molar-refractivity contribution in [2.45, 2.75) is 71.1 Å². The zero-order valence-corrected chi connectivity index (χ0v) is 30.0. The number of nitrogens with one attached hydrogen (secondary N) is 1. The van der Waals surface area contributed by atoms with Gasteiger partial charge in [-0.3, -0.25) is 0 Å². The van der Waals surface area contributed by atoms with E-state index >= 15 is 0 Å². The number of hydrogen-bond donors (Lipinski definition) is 1. The van der Waals surface area contributed by atoms with Crippen molar-refractivity contribution in [1.82, 2.24) is 9.55 Å². The number of H-pyrrole nitrogens is 1. The number of fused-ring (bicyclic) bond motifs is 6. The van der Waals surface area contributed by atoms with E-state index in [1.54, 1.807) is 0 Å².